The van der Waals surface area contributed by atoms with E-state index in [4.69, 9.17) is 9.72 Å². The number of aryl methyl sites for hydroxylation is 2. The molecule has 5 rings (SSSR count). The number of nitrogens with one attached hydrogen (secondary N) is 1. The number of cyclic esters (lactones) is 1. The molecule has 2 aliphatic rings. The molecule has 1 saturated heterocycles. The first-order valence-electron chi connectivity index (χ1n) is 14.7. The summed E-state index contributed by atoms with van der Waals surface area (Å²) >= 11 is 0. The molecule has 0 bridgehead atoms. The summed E-state index contributed by atoms with van der Waals surface area (Å²) in [7, 11) is 0. The molecule has 0 radical (unpaired) electrons. The second-order valence-electron chi connectivity index (χ2n) is 11.6. The fourth-order valence-electron chi connectivity index (χ4n) is 6.45. The van der Waals surface area contributed by atoms with E-state index in [1.807, 2.05) is 26.8 Å². The third-order valence-corrected chi connectivity index (χ3v) is 8.66. The number of H-pyrrole nitrogens is 1. The quantitative estimate of drug-likeness (QED) is 0.268. The van der Waals surface area contributed by atoms with Gasteiger partial charge in [-0.2, -0.15) is 31.4 Å². The topological polar surface area (TPSA) is 74.4 Å². The molecule has 1 aliphatic carbocycles. The van der Waals surface area contributed by atoms with E-state index in [0.29, 0.717) is 30.1 Å². The van der Waals surface area contributed by atoms with E-state index >= 15 is 0 Å². The third-order valence-electron chi connectivity index (χ3n) is 8.66. The molecular weight excluding hydrogens is 588 g/mol. The van der Waals surface area contributed by atoms with Crippen molar-refractivity contribution in [1.29, 1.82) is 0 Å². The molecule has 3 heterocycles. The van der Waals surface area contributed by atoms with Crippen LogP contribution < -0.4 is 4.90 Å². The molecule has 2 fully saturated rings. The lowest BCUT2D eigenvalue weighted by molar-refractivity contribution is -0.143. The van der Waals surface area contributed by atoms with E-state index in [1.165, 1.54) is 4.90 Å². The van der Waals surface area contributed by atoms with Crippen molar-refractivity contribution in [3.63, 3.8) is 0 Å². The van der Waals surface area contributed by atoms with Gasteiger partial charge < -0.3 is 9.64 Å². The summed E-state index contributed by atoms with van der Waals surface area (Å²) in [6, 6.07) is 2.62. The van der Waals surface area contributed by atoms with E-state index in [-0.39, 0.29) is 24.2 Å². The maximum Gasteiger partial charge on any atom is 0.416 e. The number of amides is 1. The first-order chi connectivity index (χ1) is 20.7. The summed E-state index contributed by atoms with van der Waals surface area (Å²) in [4.78, 5) is 21.6. The smallest absolute Gasteiger partial charge is 0.416 e. The Bertz CT molecular complexity index is 1460. The highest BCUT2D eigenvalue weighted by molar-refractivity contribution is 5.73. The molecule has 3 aromatic rings. The Labute approximate surface area is 251 Å². The molecule has 1 amide bonds. The zero-order valence-corrected chi connectivity index (χ0v) is 24.9. The minimum Gasteiger partial charge on any atom is -0.439 e. The van der Waals surface area contributed by atoms with E-state index in [9.17, 15) is 31.1 Å². The van der Waals surface area contributed by atoms with Gasteiger partial charge in [-0.1, -0.05) is 19.3 Å². The van der Waals surface area contributed by atoms with Crippen molar-refractivity contribution in [1.82, 2.24) is 20.1 Å². The van der Waals surface area contributed by atoms with Gasteiger partial charge in [-0.15, -0.1) is 0 Å². The number of hydrogen-bond donors (Lipinski definition) is 1. The maximum absolute atomic E-state index is 13.6. The van der Waals surface area contributed by atoms with E-state index in [0.717, 1.165) is 54.6 Å². The van der Waals surface area contributed by atoms with Crippen LogP contribution in [0.4, 0.5) is 37.0 Å². The van der Waals surface area contributed by atoms with Crippen LogP contribution in [0.2, 0.25) is 0 Å². The summed E-state index contributed by atoms with van der Waals surface area (Å²) in [6.07, 6.45) is -5.10. The summed E-state index contributed by atoms with van der Waals surface area (Å²) in [6.45, 7) is 8.01. The number of hydrogen-bond acceptors (Lipinski definition) is 5. The lowest BCUT2D eigenvalue weighted by Crippen LogP contribution is -2.39. The Morgan fingerprint density at radius 2 is 1.64 bits per heavy atom. The predicted molar refractivity (Wildman–Crippen MR) is 152 cm³/mol. The van der Waals surface area contributed by atoms with Crippen LogP contribution in [0.5, 0.6) is 0 Å². The van der Waals surface area contributed by atoms with Crippen LogP contribution in [0.15, 0.2) is 30.5 Å². The number of aromatic nitrogens is 3. The van der Waals surface area contributed by atoms with Crippen molar-refractivity contribution in [3.8, 4) is 11.1 Å². The number of nitrogens with zero attached hydrogens (tertiary/aromatic N) is 4. The van der Waals surface area contributed by atoms with Gasteiger partial charge in [0, 0.05) is 41.2 Å². The van der Waals surface area contributed by atoms with Crippen molar-refractivity contribution in [2.45, 2.75) is 96.9 Å². The second-order valence-corrected chi connectivity index (χ2v) is 11.6. The average molecular weight is 624 g/mol. The fraction of sp³-hybridized carbons (Fsp3) is 0.516. The van der Waals surface area contributed by atoms with Crippen LogP contribution in [-0.4, -0.2) is 44.8 Å². The average Bonchev–Trinajstić information content (AvgIpc) is 3.45. The number of carbonyl (C=O) groups is 1. The fourth-order valence-corrected chi connectivity index (χ4v) is 6.45. The zero-order chi connectivity index (χ0) is 32.0. The number of aromatic amines is 1. The van der Waals surface area contributed by atoms with E-state index < -0.39 is 41.7 Å². The number of halogens is 6. The number of carbonyl (C=O) groups excluding carboxylic acids is 1. The molecule has 1 aromatic carbocycles. The van der Waals surface area contributed by atoms with Crippen LogP contribution in [0.25, 0.3) is 11.1 Å². The van der Waals surface area contributed by atoms with E-state index in [2.05, 4.69) is 15.1 Å². The Kier molecular flexibility index (Phi) is 8.60. The number of alkyl halides is 6. The molecular formula is C31H35F6N5O2. The first-order valence-corrected chi connectivity index (χ1v) is 14.7. The van der Waals surface area contributed by atoms with Gasteiger partial charge in [-0.05, 0) is 70.4 Å². The molecule has 44 heavy (non-hydrogen) atoms. The van der Waals surface area contributed by atoms with Gasteiger partial charge >= 0.3 is 18.4 Å². The highest BCUT2D eigenvalue weighted by atomic mass is 19.4. The molecule has 7 nitrogen and oxygen atoms in total. The molecule has 1 saturated carbocycles. The minimum atomic E-state index is -5.02. The molecule has 2 atom stereocenters. The van der Waals surface area contributed by atoms with Crippen molar-refractivity contribution in [2.24, 2.45) is 0 Å². The normalized spacial score (nSPS) is 19.9. The van der Waals surface area contributed by atoms with Crippen molar-refractivity contribution in [3.05, 3.63) is 64.1 Å². The molecule has 13 heteroatoms. The van der Waals surface area contributed by atoms with Gasteiger partial charge in [0.05, 0.1) is 29.4 Å². The molecule has 1 aliphatic heterocycles. The summed E-state index contributed by atoms with van der Waals surface area (Å²) < 4.78 is 86.9. The summed E-state index contributed by atoms with van der Waals surface area (Å²) in [5.41, 5.74) is 0.647. The van der Waals surface area contributed by atoms with Gasteiger partial charge in [0.2, 0.25) is 0 Å². The lowest BCUT2D eigenvalue weighted by Gasteiger charge is -2.36. The van der Waals surface area contributed by atoms with Crippen LogP contribution in [-0.2, 0) is 23.6 Å². The van der Waals surface area contributed by atoms with Crippen molar-refractivity contribution < 1.29 is 35.9 Å². The van der Waals surface area contributed by atoms with Gasteiger partial charge in [-0.25, -0.2) is 9.78 Å². The third kappa shape index (κ3) is 6.23. The standard InChI is InChI=1S/C31H35F6N5O2/c1-5-41(25-9-7-6-8-10-25)28-22(11-21(15-38-28)26-17(2)39-40-18(26)3)16-42-19(4)27(44-29(42)43)20-12-23(30(32,33)34)14-24(13-20)31(35,36)37/h11-15,19,25,27H,5-10,16H2,1-4H3,(H,39,40)/t19-,27?/m0/s1. The van der Waals surface area contributed by atoms with Crippen LogP contribution >= 0.6 is 0 Å². The highest BCUT2D eigenvalue weighted by Gasteiger charge is 2.43. The first kappa shape index (κ1) is 31.6. The van der Waals surface area contributed by atoms with Crippen LogP contribution in [0.1, 0.15) is 85.7 Å². The summed E-state index contributed by atoms with van der Waals surface area (Å²) in [5.74, 6) is 0.684. The van der Waals surface area contributed by atoms with Crippen LogP contribution in [0, 0.1) is 13.8 Å². The Hall–Kier alpha value is -3.77. The largest absolute Gasteiger partial charge is 0.439 e. The molecule has 2 aromatic heterocycles. The molecule has 0 spiro atoms. The van der Waals surface area contributed by atoms with Gasteiger partial charge in [-0.3, -0.25) is 10.00 Å². The molecule has 1 N–H and O–H groups in total. The van der Waals surface area contributed by atoms with Gasteiger partial charge in [0.25, 0.3) is 0 Å². The minimum absolute atomic E-state index is 0.00305. The van der Waals surface area contributed by atoms with Gasteiger partial charge in [0.15, 0.2) is 0 Å². The zero-order valence-electron chi connectivity index (χ0n) is 24.9. The monoisotopic (exact) mass is 623 g/mol. The lowest BCUT2D eigenvalue weighted by atomic mass is 9.93. The van der Waals surface area contributed by atoms with Crippen molar-refractivity contribution in [2.75, 3.05) is 11.4 Å². The maximum atomic E-state index is 13.6. The Morgan fingerprint density at radius 3 is 2.18 bits per heavy atom. The molecule has 1 unspecified atom stereocenters. The Morgan fingerprint density at radius 1 is 1.00 bits per heavy atom. The SMILES string of the molecule is CCN(c1ncc(-c2c(C)n[nH]c2C)cc1CN1C(=O)OC(c2cc(C(F)(F)F)cc(C(F)(F)F)c2)[C@@H]1C)C1CCCCC1. The number of ether oxygens (including phenoxy) is 1. The number of anilines is 1. The number of benzene rings is 1. The summed E-state index contributed by atoms with van der Waals surface area (Å²) in [5, 5.41) is 7.24. The number of rotatable bonds is 7. The number of pyridine rings is 1. The van der Waals surface area contributed by atoms with E-state index in [1.54, 1.807) is 13.1 Å². The predicted octanol–water partition coefficient (Wildman–Crippen LogP) is 8.37. The van der Waals surface area contributed by atoms with Crippen molar-refractivity contribution >= 4 is 11.9 Å². The van der Waals surface area contributed by atoms with Gasteiger partial charge in [0.1, 0.15) is 11.9 Å². The highest BCUT2D eigenvalue weighted by Crippen LogP contribution is 2.42. The van der Waals surface area contributed by atoms with Crippen LogP contribution in [0.3, 0.4) is 0 Å². The Balaban J connectivity index is 1.53. The molecule has 238 valence electrons. The second kappa shape index (κ2) is 12.0.